The molecule has 3 heterocycles. The molecule has 1 saturated heterocycles. The molecular formula is C17H21N7O2S. The number of nitrogens with zero attached hydrogens (tertiary/aromatic N) is 6. The second-order valence-corrected chi connectivity index (χ2v) is 8.63. The summed E-state index contributed by atoms with van der Waals surface area (Å²) < 4.78 is 27.2. The SMILES string of the molecule is C=Nc1[nH]ccc1C(=NC)c1cnn(C2(CC#N)CN(S(=O)(=O)CC)C2)c1. The zero-order chi connectivity index (χ0) is 19.7. The lowest BCUT2D eigenvalue weighted by Gasteiger charge is -2.47. The van der Waals surface area contributed by atoms with Gasteiger partial charge in [0.25, 0.3) is 0 Å². The second-order valence-electron chi connectivity index (χ2n) is 6.37. The number of hydrogen-bond acceptors (Lipinski definition) is 6. The highest BCUT2D eigenvalue weighted by Crippen LogP contribution is 2.34. The molecule has 0 amide bonds. The van der Waals surface area contributed by atoms with Crippen molar-refractivity contribution in [2.75, 3.05) is 25.9 Å². The third-order valence-corrected chi connectivity index (χ3v) is 6.59. The van der Waals surface area contributed by atoms with Gasteiger partial charge in [-0.25, -0.2) is 13.4 Å². The maximum absolute atomic E-state index is 12.1. The van der Waals surface area contributed by atoms with Crippen molar-refractivity contribution in [2.24, 2.45) is 9.98 Å². The van der Waals surface area contributed by atoms with E-state index in [0.717, 1.165) is 11.1 Å². The molecule has 1 fully saturated rings. The summed E-state index contributed by atoms with van der Waals surface area (Å²) in [6, 6.07) is 4.01. The first kappa shape index (κ1) is 19.0. The minimum Gasteiger partial charge on any atom is -0.346 e. The van der Waals surface area contributed by atoms with Crippen molar-refractivity contribution in [3.63, 3.8) is 0 Å². The van der Waals surface area contributed by atoms with Gasteiger partial charge in [-0.15, -0.1) is 0 Å². The van der Waals surface area contributed by atoms with Gasteiger partial charge >= 0.3 is 0 Å². The van der Waals surface area contributed by atoms with Crippen LogP contribution in [0.2, 0.25) is 0 Å². The normalized spacial score (nSPS) is 17.3. The average Bonchev–Trinajstić information content (AvgIpc) is 3.28. The fourth-order valence-electron chi connectivity index (χ4n) is 3.27. The van der Waals surface area contributed by atoms with E-state index < -0.39 is 15.6 Å². The standard InChI is InChI=1S/C17H21N7O2S/c1-4-27(25,26)23-11-17(12-23,6-7-18)24-10-13(9-22-24)15(19-2)14-5-8-21-16(14)20-3/h5,8-10,21H,3-4,6,11-12H2,1-2H3. The van der Waals surface area contributed by atoms with Crippen LogP contribution >= 0.6 is 0 Å². The molecule has 1 aliphatic rings. The lowest BCUT2D eigenvalue weighted by atomic mass is 9.89. The molecule has 0 aromatic carbocycles. The molecule has 0 spiro atoms. The van der Waals surface area contributed by atoms with Crippen molar-refractivity contribution in [3.05, 3.63) is 35.8 Å². The van der Waals surface area contributed by atoms with Gasteiger partial charge < -0.3 is 4.98 Å². The topological polar surface area (TPSA) is 120 Å². The Labute approximate surface area is 158 Å². The highest BCUT2D eigenvalue weighted by atomic mass is 32.2. The molecule has 1 aliphatic heterocycles. The zero-order valence-corrected chi connectivity index (χ0v) is 16.1. The largest absolute Gasteiger partial charge is 0.346 e. The fourth-order valence-corrected chi connectivity index (χ4v) is 4.51. The Morgan fingerprint density at radius 3 is 2.85 bits per heavy atom. The van der Waals surface area contributed by atoms with Crippen molar-refractivity contribution >= 4 is 28.3 Å². The Morgan fingerprint density at radius 2 is 2.26 bits per heavy atom. The minimum absolute atomic E-state index is 0.0391. The van der Waals surface area contributed by atoms with Crippen LogP contribution < -0.4 is 0 Å². The molecule has 0 unspecified atom stereocenters. The van der Waals surface area contributed by atoms with Crippen LogP contribution in [-0.2, 0) is 15.6 Å². The second kappa shape index (κ2) is 7.09. The molecule has 0 saturated carbocycles. The number of nitrogens with one attached hydrogen (secondary N) is 1. The van der Waals surface area contributed by atoms with E-state index in [1.54, 1.807) is 37.2 Å². The van der Waals surface area contributed by atoms with E-state index in [1.807, 2.05) is 6.07 Å². The van der Waals surface area contributed by atoms with Gasteiger partial charge in [-0.3, -0.25) is 9.67 Å². The van der Waals surface area contributed by atoms with E-state index >= 15 is 0 Å². The van der Waals surface area contributed by atoms with Gasteiger partial charge in [-0.05, 0) is 19.7 Å². The van der Waals surface area contributed by atoms with Crippen LogP contribution in [0.5, 0.6) is 0 Å². The summed E-state index contributed by atoms with van der Waals surface area (Å²) in [7, 11) is -1.60. The van der Waals surface area contributed by atoms with Crippen molar-refractivity contribution in [2.45, 2.75) is 18.9 Å². The van der Waals surface area contributed by atoms with Crippen LogP contribution in [0.25, 0.3) is 0 Å². The Morgan fingerprint density at radius 1 is 1.52 bits per heavy atom. The van der Waals surface area contributed by atoms with Crippen LogP contribution in [0.1, 0.15) is 24.5 Å². The molecule has 9 nitrogen and oxygen atoms in total. The molecule has 3 rings (SSSR count). The van der Waals surface area contributed by atoms with Gasteiger partial charge in [0.1, 0.15) is 11.4 Å². The van der Waals surface area contributed by atoms with E-state index in [1.165, 1.54) is 4.31 Å². The van der Waals surface area contributed by atoms with E-state index in [-0.39, 0.29) is 25.3 Å². The van der Waals surface area contributed by atoms with Gasteiger partial charge in [-0.2, -0.15) is 14.7 Å². The van der Waals surface area contributed by atoms with Crippen molar-refractivity contribution < 1.29 is 8.42 Å². The number of hydrogen-bond donors (Lipinski definition) is 1. The molecule has 0 aliphatic carbocycles. The monoisotopic (exact) mass is 387 g/mol. The third kappa shape index (κ3) is 3.20. The molecule has 0 radical (unpaired) electrons. The van der Waals surface area contributed by atoms with Gasteiger partial charge in [0.05, 0.1) is 30.2 Å². The average molecular weight is 387 g/mol. The van der Waals surface area contributed by atoms with Gasteiger partial charge in [0.15, 0.2) is 0 Å². The summed E-state index contributed by atoms with van der Waals surface area (Å²) in [6.45, 7) is 5.63. The molecule has 142 valence electrons. The Hall–Kier alpha value is -2.77. The van der Waals surface area contributed by atoms with Crippen molar-refractivity contribution in [1.29, 1.82) is 5.26 Å². The number of H-pyrrole nitrogens is 1. The van der Waals surface area contributed by atoms with Crippen LogP contribution in [0.15, 0.2) is 34.6 Å². The minimum atomic E-state index is -3.28. The summed E-state index contributed by atoms with van der Waals surface area (Å²) in [4.78, 5) is 11.3. The van der Waals surface area contributed by atoms with E-state index in [4.69, 9.17) is 0 Å². The molecule has 27 heavy (non-hydrogen) atoms. The lowest BCUT2D eigenvalue weighted by Crippen LogP contribution is -2.64. The van der Waals surface area contributed by atoms with E-state index in [9.17, 15) is 13.7 Å². The Bertz CT molecular complexity index is 1020. The quantitative estimate of drug-likeness (QED) is 0.720. The molecule has 1 N–H and O–H groups in total. The summed E-state index contributed by atoms with van der Waals surface area (Å²) in [6.07, 6.45) is 5.39. The van der Waals surface area contributed by atoms with Crippen LogP contribution in [0.3, 0.4) is 0 Å². The smallest absolute Gasteiger partial charge is 0.213 e. The first-order valence-electron chi connectivity index (χ1n) is 8.42. The highest BCUT2D eigenvalue weighted by Gasteiger charge is 2.49. The summed E-state index contributed by atoms with van der Waals surface area (Å²) in [5.74, 6) is 0.649. The third-order valence-electron chi connectivity index (χ3n) is 4.81. The van der Waals surface area contributed by atoms with Gasteiger partial charge in [0.2, 0.25) is 10.0 Å². The predicted molar refractivity (Wildman–Crippen MR) is 103 cm³/mol. The summed E-state index contributed by atoms with van der Waals surface area (Å²) in [5.41, 5.74) is 1.59. The van der Waals surface area contributed by atoms with Crippen LogP contribution in [0.4, 0.5) is 5.82 Å². The number of nitriles is 1. The molecule has 2 aromatic rings. The summed E-state index contributed by atoms with van der Waals surface area (Å²) >= 11 is 0. The summed E-state index contributed by atoms with van der Waals surface area (Å²) in [5, 5.41) is 13.7. The fraction of sp³-hybridized carbons (Fsp3) is 0.412. The molecule has 2 aromatic heterocycles. The predicted octanol–water partition coefficient (Wildman–Crippen LogP) is 1.28. The zero-order valence-electron chi connectivity index (χ0n) is 15.3. The van der Waals surface area contributed by atoms with Crippen LogP contribution in [-0.4, -0.2) is 65.8 Å². The number of aromatic nitrogens is 3. The number of aromatic amines is 1. The van der Waals surface area contributed by atoms with Crippen molar-refractivity contribution in [3.8, 4) is 6.07 Å². The molecule has 0 bridgehead atoms. The Balaban J connectivity index is 1.92. The van der Waals surface area contributed by atoms with E-state index in [0.29, 0.717) is 11.5 Å². The molecular weight excluding hydrogens is 366 g/mol. The van der Waals surface area contributed by atoms with Gasteiger partial charge in [-0.1, -0.05) is 0 Å². The number of rotatable bonds is 7. The lowest BCUT2D eigenvalue weighted by molar-refractivity contribution is 0.0718. The maximum atomic E-state index is 12.1. The molecule has 0 atom stereocenters. The number of sulfonamides is 1. The molecule has 10 heteroatoms. The highest BCUT2D eigenvalue weighted by molar-refractivity contribution is 7.89. The maximum Gasteiger partial charge on any atom is 0.213 e. The number of aliphatic imine (C=N–C) groups is 2. The van der Waals surface area contributed by atoms with Gasteiger partial charge in [0, 0.05) is 43.7 Å². The van der Waals surface area contributed by atoms with Crippen molar-refractivity contribution in [1.82, 2.24) is 19.1 Å². The van der Waals surface area contributed by atoms with Crippen LogP contribution in [0, 0.1) is 11.3 Å². The Kier molecular flexibility index (Phi) is 4.99. The van der Waals surface area contributed by atoms with E-state index in [2.05, 4.69) is 32.9 Å². The first-order chi connectivity index (χ1) is 12.9. The first-order valence-corrected chi connectivity index (χ1v) is 10.0.